The van der Waals surface area contributed by atoms with Gasteiger partial charge in [0.2, 0.25) is 0 Å². The number of rotatable bonds is 3. The number of H-pyrrole nitrogens is 1. The van der Waals surface area contributed by atoms with Crippen LogP contribution >= 0.6 is 0 Å². The first-order valence-corrected chi connectivity index (χ1v) is 5.41. The molecule has 0 saturated heterocycles. The SMILES string of the molecule is CCC(C)c1cn[nH]c1-c1ccccc1. The zero-order chi connectivity index (χ0) is 10.7. The van der Waals surface area contributed by atoms with E-state index < -0.39 is 0 Å². The molecule has 2 aromatic rings. The summed E-state index contributed by atoms with van der Waals surface area (Å²) in [6.45, 7) is 4.43. The van der Waals surface area contributed by atoms with Crippen molar-refractivity contribution in [3.63, 3.8) is 0 Å². The molecule has 15 heavy (non-hydrogen) atoms. The summed E-state index contributed by atoms with van der Waals surface area (Å²) in [6.07, 6.45) is 3.08. The molecular weight excluding hydrogens is 184 g/mol. The van der Waals surface area contributed by atoms with E-state index in [-0.39, 0.29) is 0 Å². The van der Waals surface area contributed by atoms with E-state index >= 15 is 0 Å². The van der Waals surface area contributed by atoms with Crippen LogP contribution < -0.4 is 0 Å². The van der Waals surface area contributed by atoms with Gasteiger partial charge in [-0.15, -0.1) is 0 Å². The van der Waals surface area contributed by atoms with Crippen LogP contribution in [-0.2, 0) is 0 Å². The molecule has 0 fully saturated rings. The van der Waals surface area contributed by atoms with Gasteiger partial charge in [0.1, 0.15) is 0 Å². The average molecular weight is 200 g/mol. The zero-order valence-electron chi connectivity index (χ0n) is 9.20. The summed E-state index contributed by atoms with van der Waals surface area (Å²) < 4.78 is 0. The summed E-state index contributed by atoms with van der Waals surface area (Å²) in [6, 6.07) is 10.4. The van der Waals surface area contributed by atoms with Crippen LogP contribution in [0.25, 0.3) is 11.3 Å². The third-order valence-electron chi connectivity index (χ3n) is 2.87. The van der Waals surface area contributed by atoms with Gasteiger partial charge in [0, 0.05) is 5.56 Å². The Hall–Kier alpha value is -1.57. The summed E-state index contributed by atoms with van der Waals surface area (Å²) in [5.41, 5.74) is 3.68. The van der Waals surface area contributed by atoms with Gasteiger partial charge in [-0.25, -0.2) is 0 Å². The third-order valence-corrected chi connectivity index (χ3v) is 2.87. The second-order valence-corrected chi connectivity index (χ2v) is 3.88. The minimum atomic E-state index is 0.555. The van der Waals surface area contributed by atoms with Gasteiger partial charge < -0.3 is 0 Å². The fourth-order valence-electron chi connectivity index (χ4n) is 1.73. The maximum atomic E-state index is 4.14. The van der Waals surface area contributed by atoms with E-state index in [9.17, 15) is 0 Å². The number of nitrogens with one attached hydrogen (secondary N) is 1. The highest BCUT2D eigenvalue weighted by molar-refractivity contribution is 5.63. The molecule has 1 unspecified atom stereocenters. The second kappa shape index (κ2) is 4.30. The van der Waals surface area contributed by atoms with Crippen molar-refractivity contribution in [2.75, 3.05) is 0 Å². The largest absolute Gasteiger partial charge is 0.278 e. The van der Waals surface area contributed by atoms with Crippen molar-refractivity contribution in [1.29, 1.82) is 0 Å². The molecule has 0 aliphatic heterocycles. The van der Waals surface area contributed by atoms with Gasteiger partial charge in [-0.2, -0.15) is 5.10 Å². The Morgan fingerprint density at radius 2 is 2.00 bits per heavy atom. The van der Waals surface area contributed by atoms with Crippen LogP contribution in [0, 0.1) is 0 Å². The average Bonchev–Trinajstić information content (AvgIpc) is 2.78. The summed E-state index contributed by atoms with van der Waals surface area (Å²) in [4.78, 5) is 0. The van der Waals surface area contributed by atoms with Gasteiger partial charge in [0.15, 0.2) is 0 Å². The van der Waals surface area contributed by atoms with Crippen molar-refractivity contribution in [1.82, 2.24) is 10.2 Å². The van der Waals surface area contributed by atoms with Crippen LogP contribution in [0.2, 0.25) is 0 Å². The Morgan fingerprint density at radius 1 is 1.27 bits per heavy atom. The molecule has 1 heterocycles. The number of benzene rings is 1. The molecule has 1 atom stereocenters. The number of hydrogen-bond donors (Lipinski definition) is 1. The lowest BCUT2D eigenvalue weighted by Gasteiger charge is -2.08. The summed E-state index contributed by atoms with van der Waals surface area (Å²) in [5, 5.41) is 7.23. The van der Waals surface area contributed by atoms with Crippen LogP contribution in [-0.4, -0.2) is 10.2 Å². The molecule has 78 valence electrons. The van der Waals surface area contributed by atoms with Crippen LogP contribution in [0.5, 0.6) is 0 Å². The second-order valence-electron chi connectivity index (χ2n) is 3.88. The highest BCUT2D eigenvalue weighted by atomic mass is 15.1. The molecule has 0 aliphatic rings. The van der Waals surface area contributed by atoms with E-state index in [1.807, 2.05) is 12.3 Å². The standard InChI is InChI=1S/C13H16N2/c1-3-10(2)12-9-14-15-13(12)11-7-5-4-6-8-11/h4-10H,3H2,1-2H3,(H,14,15). The highest BCUT2D eigenvalue weighted by Crippen LogP contribution is 2.28. The van der Waals surface area contributed by atoms with Crippen molar-refractivity contribution in [3.8, 4) is 11.3 Å². The minimum absolute atomic E-state index is 0.555. The molecule has 1 aromatic carbocycles. The molecule has 2 heteroatoms. The molecule has 0 bridgehead atoms. The number of hydrogen-bond acceptors (Lipinski definition) is 1. The molecule has 2 rings (SSSR count). The van der Waals surface area contributed by atoms with E-state index in [0.717, 1.165) is 12.1 Å². The Kier molecular flexibility index (Phi) is 2.86. The molecule has 1 aromatic heterocycles. The number of aromatic amines is 1. The van der Waals surface area contributed by atoms with Crippen LogP contribution in [0.15, 0.2) is 36.5 Å². The first-order valence-electron chi connectivity index (χ1n) is 5.41. The van der Waals surface area contributed by atoms with Crippen LogP contribution in [0.4, 0.5) is 0 Å². The van der Waals surface area contributed by atoms with Gasteiger partial charge in [0.25, 0.3) is 0 Å². The van der Waals surface area contributed by atoms with Gasteiger partial charge in [-0.05, 0) is 17.9 Å². The molecule has 0 amide bonds. The Bertz CT molecular complexity index is 417. The van der Waals surface area contributed by atoms with Crippen LogP contribution in [0.3, 0.4) is 0 Å². The quantitative estimate of drug-likeness (QED) is 0.805. The molecule has 0 spiro atoms. The van der Waals surface area contributed by atoms with E-state index in [4.69, 9.17) is 0 Å². The van der Waals surface area contributed by atoms with Crippen molar-refractivity contribution in [3.05, 3.63) is 42.1 Å². The lowest BCUT2D eigenvalue weighted by atomic mass is 9.96. The van der Waals surface area contributed by atoms with E-state index in [1.54, 1.807) is 0 Å². The smallest absolute Gasteiger partial charge is 0.0684 e. The minimum Gasteiger partial charge on any atom is -0.278 e. The highest BCUT2D eigenvalue weighted by Gasteiger charge is 2.11. The summed E-state index contributed by atoms with van der Waals surface area (Å²) in [7, 11) is 0. The third kappa shape index (κ3) is 1.94. The number of nitrogens with zero attached hydrogens (tertiary/aromatic N) is 1. The van der Waals surface area contributed by atoms with Crippen molar-refractivity contribution < 1.29 is 0 Å². The molecular formula is C13H16N2. The number of aromatic nitrogens is 2. The van der Waals surface area contributed by atoms with Gasteiger partial charge >= 0.3 is 0 Å². The molecule has 0 saturated carbocycles. The maximum Gasteiger partial charge on any atom is 0.0684 e. The predicted molar refractivity (Wildman–Crippen MR) is 62.7 cm³/mol. The molecule has 2 nitrogen and oxygen atoms in total. The first kappa shape index (κ1) is 9.97. The molecule has 0 aliphatic carbocycles. The van der Waals surface area contributed by atoms with Crippen molar-refractivity contribution in [2.45, 2.75) is 26.2 Å². The van der Waals surface area contributed by atoms with Crippen molar-refractivity contribution >= 4 is 0 Å². The van der Waals surface area contributed by atoms with Gasteiger partial charge in [-0.1, -0.05) is 44.2 Å². The fraction of sp³-hybridized carbons (Fsp3) is 0.308. The molecule has 1 N–H and O–H groups in total. The Labute approximate surface area is 90.3 Å². The fourth-order valence-corrected chi connectivity index (χ4v) is 1.73. The van der Waals surface area contributed by atoms with Gasteiger partial charge in [-0.3, -0.25) is 5.10 Å². The normalized spacial score (nSPS) is 12.7. The Balaban J connectivity index is 2.41. The maximum absolute atomic E-state index is 4.14. The lowest BCUT2D eigenvalue weighted by molar-refractivity contribution is 0.736. The Morgan fingerprint density at radius 3 is 2.67 bits per heavy atom. The monoisotopic (exact) mass is 200 g/mol. The van der Waals surface area contributed by atoms with Gasteiger partial charge in [0.05, 0.1) is 11.9 Å². The topological polar surface area (TPSA) is 28.7 Å². The first-order chi connectivity index (χ1) is 7.33. The summed E-state index contributed by atoms with van der Waals surface area (Å²) in [5.74, 6) is 0.555. The zero-order valence-corrected chi connectivity index (χ0v) is 9.20. The predicted octanol–water partition coefficient (Wildman–Crippen LogP) is 3.59. The van der Waals surface area contributed by atoms with E-state index in [1.165, 1.54) is 11.1 Å². The van der Waals surface area contributed by atoms with E-state index in [0.29, 0.717) is 5.92 Å². The van der Waals surface area contributed by atoms with Crippen molar-refractivity contribution in [2.24, 2.45) is 0 Å². The van der Waals surface area contributed by atoms with E-state index in [2.05, 4.69) is 48.3 Å². The lowest BCUT2D eigenvalue weighted by Crippen LogP contribution is -1.92. The van der Waals surface area contributed by atoms with Crippen LogP contribution in [0.1, 0.15) is 31.7 Å². The summed E-state index contributed by atoms with van der Waals surface area (Å²) >= 11 is 0. The molecule has 0 radical (unpaired) electrons.